The SMILES string of the molecule is Cc1nnc2n1CC(C(=O)O)N(C(=O)c1ccc(SC(F)(F)F)cc1)C2. The number of aryl methyl sites for hydroxylation is 1. The van der Waals surface area contributed by atoms with Crippen LogP contribution in [0.4, 0.5) is 13.2 Å². The fourth-order valence-electron chi connectivity index (χ4n) is 2.70. The Morgan fingerprint density at radius 2 is 1.88 bits per heavy atom. The summed E-state index contributed by atoms with van der Waals surface area (Å²) < 4.78 is 38.8. The van der Waals surface area contributed by atoms with Crippen LogP contribution in [0.3, 0.4) is 0 Å². The standard InChI is InChI=1S/C15H13F3N4O3S/c1-8-19-20-12-7-22(11(14(24)25)6-21(8)12)13(23)9-2-4-10(5-3-9)26-15(16,17)18/h2-5,11H,6-7H2,1H3,(H,24,25). The van der Waals surface area contributed by atoms with Crippen molar-refractivity contribution in [1.82, 2.24) is 19.7 Å². The number of rotatable bonds is 3. The van der Waals surface area contributed by atoms with Gasteiger partial charge >= 0.3 is 11.5 Å². The number of carbonyl (C=O) groups is 2. The molecule has 0 fully saturated rings. The molecule has 11 heteroatoms. The van der Waals surface area contributed by atoms with Gasteiger partial charge in [-0.1, -0.05) is 0 Å². The molecule has 26 heavy (non-hydrogen) atoms. The molecule has 138 valence electrons. The summed E-state index contributed by atoms with van der Waals surface area (Å²) in [6.45, 7) is 1.65. The molecule has 0 bridgehead atoms. The van der Waals surface area contributed by atoms with Gasteiger partial charge in [-0.3, -0.25) is 4.79 Å². The number of carboxylic acids is 1. The first-order chi connectivity index (χ1) is 12.2. The molecule has 0 spiro atoms. The van der Waals surface area contributed by atoms with Crippen LogP contribution in [-0.4, -0.2) is 48.2 Å². The quantitative estimate of drug-likeness (QED) is 0.815. The van der Waals surface area contributed by atoms with Gasteiger partial charge in [0.2, 0.25) is 0 Å². The molecule has 3 rings (SSSR count). The third-order valence-corrected chi connectivity index (χ3v) is 4.68. The molecule has 1 aliphatic heterocycles. The maximum atomic E-state index is 12.7. The summed E-state index contributed by atoms with van der Waals surface area (Å²) in [5.41, 5.74) is -4.32. The van der Waals surface area contributed by atoms with E-state index in [1.54, 1.807) is 11.5 Å². The molecule has 7 nitrogen and oxygen atoms in total. The van der Waals surface area contributed by atoms with E-state index in [4.69, 9.17) is 0 Å². The number of carboxylic acid groups (broad SMARTS) is 1. The number of aromatic nitrogens is 3. The van der Waals surface area contributed by atoms with Gasteiger partial charge in [-0.05, 0) is 43.0 Å². The van der Waals surface area contributed by atoms with E-state index in [1.807, 2.05) is 0 Å². The second kappa shape index (κ2) is 6.63. The zero-order valence-electron chi connectivity index (χ0n) is 13.4. The van der Waals surface area contributed by atoms with Crippen LogP contribution < -0.4 is 0 Å². The highest BCUT2D eigenvalue weighted by molar-refractivity contribution is 8.00. The van der Waals surface area contributed by atoms with Crippen LogP contribution >= 0.6 is 11.8 Å². The predicted molar refractivity (Wildman–Crippen MR) is 84.4 cm³/mol. The zero-order chi connectivity index (χ0) is 19.1. The molecule has 2 aromatic rings. The van der Waals surface area contributed by atoms with Crippen LogP contribution in [0.25, 0.3) is 0 Å². The summed E-state index contributed by atoms with van der Waals surface area (Å²) >= 11 is -0.285. The Labute approximate surface area is 149 Å². The number of nitrogens with zero attached hydrogens (tertiary/aromatic N) is 4. The predicted octanol–water partition coefficient (Wildman–Crippen LogP) is 2.31. The van der Waals surface area contributed by atoms with Crippen molar-refractivity contribution in [3.05, 3.63) is 41.5 Å². The van der Waals surface area contributed by atoms with Gasteiger partial charge < -0.3 is 14.6 Å². The molecule has 1 aromatic carbocycles. The number of amides is 1. The van der Waals surface area contributed by atoms with E-state index in [1.165, 1.54) is 24.3 Å². The summed E-state index contributed by atoms with van der Waals surface area (Å²) in [6, 6.07) is 3.74. The highest BCUT2D eigenvalue weighted by atomic mass is 32.2. The topological polar surface area (TPSA) is 88.3 Å². The van der Waals surface area contributed by atoms with E-state index in [9.17, 15) is 27.9 Å². The van der Waals surface area contributed by atoms with Crippen molar-refractivity contribution < 1.29 is 27.9 Å². The summed E-state index contributed by atoms with van der Waals surface area (Å²) in [6.07, 6.45) is 0. The molecule has 0 aliphatic carbocycles. The maximum absolute atomic E-state index is 12.7. The molecule has 1 amide bonds. The van der Waals surface area contributed by atoms with E-state index >= 15 is 0 Å². The molecular weight excluding hydrogens is 373 g/mol. The van der Waals surface area contributed by atoms with Crippen molar-refractivity contribution >= 4 is 23.6 Å². The van der Waals surface area contributed by atoms with Crippen molar-refractivity contribution in [1.29, 1.82) is 0 Å². The number of benzene rings is 1. The zero-order valence-corrected chi connectivity index (χ0v) is 14.2. The molecule has 0 saturated heterocycles. The van der Waals surface area contributed by atoms with Crippen LogP contribution in [0.15, 0.2) is 29.2 Å². The molecule has 0 radical (unpaired) electrons. The van der Waals surface area contributed by atoms with Gasteiger partial charge in [0, 0.05) is 10.5 Å². The number of carbonyl (C=O) groups excluding carboxylic acids is 1. The minimum atomic E-state index is -4.42. The van der Waals surface area contributed by atoms with Gasteiger partial charge in [0.15, 0.2) is 5.82 Å². The van der Waals surface area contributed by atoms with Crippen molar-refractivity contribution in [3.63, 3.8) is 0 Å². The fourth-order valence-corrected chi connectivity index (χ4v) is 3.24. The maximum Gasteiger partial charge on any atom is 0.446 e. The number of halogens is 3. The van der Waals surface area contributed by atoms with Gasteiger partial charge in [0.25, 0.3) is 5.91 Å². The van der Waals surface area contributed by atoms with Gasteiger partial charge in [-0.25, -0.2) is 4.79 Å². The van der Waals surface area contributed by atoms with E-state index in [0.717, 1.165) is 4.90 Å². The van der Waals surface area contributed by atoms with E-state index in [2.05, 4.69) is 10.2 Å². The lowest BCUT2D eigenvalue weighted by Crippen LogP contribution is -2.50. The second-order valence-corrected chi connectivity index (χ2v) is 6.77. The number of hydrogen-bond acceptors (Lipinski definition) is 5. The molecular formula is C15H13F3N4O3S. The van der Waals surface area contributed by atoms with Gasteiger partial charge in [0.05, 0.1) is 13.1 Å². The van der Waals surface area contributed by atoms with E-state index in [0.29, 0.717) is 11.6 Å². The van der Waals surface area contributed by atoms with Gasteiger partial charge in [0.1, 0.15) is 11.9 Å². The largest absolute Gasteiger partial charge is 0.480 e. The molecule has 1 unspecified atom stereocenters. The normalized spacial score (nSPS) is 17.1. The minimum absolute atomic E-state index is 0.0112. The number of aliphatic carboxylic acids is 1. The highest BCUT2D eigenvalue weighted by Gasteiger charge is 2.37. The lowest BCUT2D eigenvalue weighted by Gasteiger charge is -2.33. The minimum Gasteiger partial charge on any atom is -0.480 e. The van der Waals surface area contributed by atoms with Crippen molar-refractivity contribution in [2.75, 3.05) is 0 Å². The second-order valence-electron chi connectivity index (χ2n) is 5.63. The van der Waals surface area contributed by atoms with Gasteiger partial charge in [-0.2, -0.15) is 13.2 Å². The van der Waals surface area contributed by atoms with Gasteiger partial charge in [-0.15, -0.1) is 10.2 Å². The van der Waals surface area contributed by atoms with Crippen molar-refractivity contribution in [2.24, 2.45) is 0 Å². The van der Waals surface area contributed by atoms with Crippen molar-refractivity contribution in [2.45, 2.75) is 36.5 Å². The lowest BCUT2D eigenvalue weighted by molar-refractivity contribution is -0.143. The van der Waals surface area contributed by atoms with Crippen LogP contribution in [0, 0.1) is 6.92 Å². The molecule has 1 N–H and O–H groups in total. The molecule has 2 heterocycles. The number of alkyl halides is 3. The monoisotopic (exact) mass is 386 g/mol. The molecule has 1 atom stereocenters. The molecule has 0 saturated carbocycles. The lowest BCUT2D eigenvalue weighted by atomic mass is 10.1. The number of fused-ring (bicyclic) bond motifs is 1. The van der Waals surface area contributed by atoms with Crippen LogP contribution in [0.5, 0.6) is 0 Å². The van der Waals surface area contributed by atoms with Crippen molar-refractivity contribution in [3.8, 4) is 0 Å². The summed E-state index contributed by atoms with van der Waals surface area (Å²) in [5, 5.41) is 17.3. The Morgan fingerprint density at radius 3 is 2.46 bits per heavy atom. The highest BCUT2D eigenvalue weighted by Crippen LogP contribution is 2.36. The Bertz CT molecular complexity index is 851. The first-order valence-electron chi connectivity index (χ1n) is 7.44. The number of hydrogen-bond donors (Lipinski definition) is 1. The summed E-state index contributed by atoms with van der Waals surface area (Å²) in [4.78, 5) is 25.4. The Morgan fingerprint density at radius 1 is 1.23 bits per heavy atom. The van der Waals surface area contributed by atoms with E-state index < -0.39 is 23.4 Å². The van der Waals surface area contributed by atoms with E-state index in [-0.39, 0.29) is 35.3 Å². The molecule has 1 aliphatic rings. The Hall–Kier alpha value is -2.56. The van der Waals surface area contributed by atoms with Crippen LogP contribution in [0.1, 0.15) is 22.0 Å². The van der Waals surface area contributed by atoms with Crippen LogP contribution in [0.2, 0.25) is 0 Å². The average Bonchev–Trinajstić information content (AvgIpc) is 2.93. The third-order valence-electron chi connectivity index (χ3n) is 3.94. The summed E-state index contributed by atoms with van der Waals surface area (Å²) in [7, 11) is 0. The molecule has 1 aromatic heterocycles. The first-order valence-corrected chi connectivity index (χ1v) is 8.25. The Balaban J connectivity index is 1.84. The smallest absolute Gasteiger partial charge is 0.446 e. The summed E-state index contributed by atoms with van der Waals surface area (Å²) in [5.74, 6) is -0.765. The average molecular weight is 386 g/mol. The first kappa shape index (κ1) is 18.2. The fraction of sp³-hybridized carbons (Fsp3) is 0.333. The number of thioether (sulfide) groups is 1. The van der Waals surface area contributed by atoms with Crippen LogP contribution in [-0.2, 0) is 17.9 Å². The Kier molecular flexibility index (Phi) is 4.65. The third kappa shape index (κ3) is 3.66.